The summed E-state index contributed by atoms with van der Waals surface area (Å²) in [6, 6.07) is 6.45. The number of halogens is 1. The molecule has 110 valence electrons. The molecule has 1 saturated heterocycles. The van der Waals surface area contributed by atoms with Crippen LogP contribution in [0.4, 0.5) is 5.69 Å². The van der Waals surface area contributed by atoms with Gasteiger partial charge in [0.15, 0.2) is 0 Å². The Labute approximate surface area is 127 Å². The Bertz CT molecular complexity index is 481. The molecule has 1 fully saturated rings. The molecule has 2 rings (SSSR count). The fraction of sp³-hybridized carbons (Fsp3) is 0.417. The minimum Gasteiger partial charge on any atom is -0.354 e. The van der Waals surface area contributed by atoms with E-state index in [2.05, 4.69) is 10.6 Å². The molecule has 8 heteroatoms. The topological polar surface area (TPSA) is 84.3 Å². The van der Waals surface area contributed by atoms with Crippen molar-refractivity contribution >= 4 is 35.8 Å². The monoisotopic (exact) mass is 317 g/mol. The van der Waals surface area contributed by atoms with Crippen molar-refractivity contribution in [2.75, 3.05) is 18.2 Å². The Balaban J connectivity index is 0.00000200. The molecule has 0 radical (unpaired) electrons. The highest BCUT2D eigenvalue weighted by Crippen LogP contribution is 2.17. The van der Waals surface area contributed by atoms with Gasteiger partial charge in [0.1, 0.15) is 0 Å². The lowest BCUT2D eigenvalue weighted by Gasteiger charge is -2.10. The highest BCUT2D eigenvalue weighted by molar-refractivity contribution is 7.99. The van der Waals surface area contributed by atoms with Crippen molar-refractivity contribution in [3.63, 3.8) is 0 Å². The van der Waals surface area contributed by atoms with Crippen LogP contribution < -0.4 is 10.6 Å². The van der Waals surface area contributed by atoms with Crippen LogP contribution in [-0.2, 0) is 11.2 Å². The van der Waals surface area contributed by atoms with E-state index in [1.54, 1.807) is 30.0 Å². The Morgan fingerprint density at radius 1 is 1.50 bits per heavy atom. The average Bonchev–Trinajstić information content (AvgIpc) is 2.93. The maximum Gasteiger partial charge on any atom is 0.272 e. The zero-order valence-electron chi connectivity index (χ0n) is 10.7. The minimum absolute atomic E-state index is 0. The van der Waals surface area contributed by atoms with Gasteiger partial charge in [-0.2, -0.15) is 0 Å². The number of nitro groups is 1. The Morgan fingerprint density at radius 3 is 2.90 bits per heavy atom. The van der Waals surface area contributed by atoms with Gasteiger partial charge in [0.25, 0.3) is 5.69 Å². The first-order chi connectivity index (χ1) is 9.18. The number of carbonyl (C=O) groups excluding carboxylic acids is 1. The van der Waals surface area contributed by atoms with E-state index in [0.717, 1.165) is 11.6 Å². The Morgan fingerprint density at radius 2 is 2.25 bits per heavy atom. The molecule has 0 spiro atoms. The van der Waals surface area contributed by atoms with Crippen molar-refractivity contribution in [1.82, 2.24) is 10.6 Å². The van der Waals surface area contributed by atoms with Gasteiger partial charge in [0, 0.05) is 29.8 Å². The standard InChI is InChI=1S/C12H15N3O3S.ClH/c16-12(10-7-19-8-14-10)13-6-5-9-3-1-2-4-11(9)15(17)18;/h1-4,10,14H,5-8H2,(H,13,16);1H. The first kappa shape index (κ1) is 16.7. The number of benzene rings is 1. The zero-order valence-corrected chi connectivity index (χ0v) is 12.3. The molecule has 0 bridgehead atoms. The fourth-order valence-electron chi connectivity index (χ4n) is 1.91. The lowest BCUT2D eigenvalue weighted by Crippen LogP contribution is -2.42. The SMILES string of the molecule is Cl.O=C(NCCc1ccccc1[N+](=O)[O-])C1CSCN1. The molecule has 1 aliphatic rings. The summed E-state index contributed by atoms with van der Waals surface area (Å²) in [6.07, 6.45) is 0.461. The predicted octanol–water partition coefficient (Wildman–Crippen LogP) is 1.34. The molecule has 1 aliphatic heterocycles. The van der Waals surface area contributed by atoms with Crippen LogP contribution in [0, 0.1) is 10.1 Å². The molecule has 1 atom stereocenters. The number of carbonyl (C=O) groups is 1. The van der Waals surface area contributed by atoms with Crippen molar-refractivity contribution < 1.29 is 9.72 Å². The summed E-state index contributed by atoms with van der Waals surface area (Å²) in [5.74, 6) is 1.53. The number of amides is 1. The number of para-hydroxylation sites is 1. The number of hydrogen-bond acceptors (Lipinski definition) is 5. The molecule has 1 amide bonds. The molecular weight excluding hydrogens is 302 g/mol. The molecule has 0 aromatic heterocycles. The average molecular weight is 318 g/mol. The van der Waals surface area contributed by atoms with Gasteiger partial charge in [-0.1, -0.05) is 18.2 Å². The number of rotatable bonds is 5. The van der Waals surface area contributed by atoms with E-state index >= 15 is 0 Å². The summed E-state index contributed by atoms with van der Waals surface area (Å²) in [5, 5.41) is 16.7. The summed E-state index contributed by atoms with van der Waals surface area (Å²) >= 11 is 1.69. The molecule has 6 nitrogen and oxygen atoms in total. The van der Waals surface area contributed by atoms with Crippen LogP contribution >= 0.6 is 24.2 Å². The van der Waals surface area contributed by atoms with Crippen LogP contribution in [0.15, 0.2) is 24.3 Å². The third kappa shape index (κ3) is 4.36. The van der Waals surface area contributed by atoms with Crippen molar-refractivity contribution in [2.24, 2.45) is 0 Å². The van der Waals surface area contributed by atoms with E-state index in [1.165, 1.54) is 6.07 Å². The van der Waals surface area contributed by atoms with E-state index in [9.17, 15) is 14.9 Å². The van der Waals surface area contributed by atoms with Gasteiger partial charge in [-0.25, -0.2) is 0 Å². The number of thioether (sulfide) groups is 1. The smallest absolute Gasteiger partial charge is 0.272 e. The van der Waals surface area contributed by atoms with Crippen LogP contribution in [-0.4, -0.2) is 35.0 Å². The molecular formula is C12H16ClN3O3S. The van der Waals surface area contributed by atoms with E-state index in [0.29, 0.717) is 18.5 Å². The van der Waals surface area contributed by atoms with E-state index < -0.39 is 4.92 Å². The molecule has 1 heterocycles. The highest BCUT2D eigenvalue weighted by atomic mass is 35.5. The minimum atomic E-state index is -0.397. The third-order valence-electron chi connectivity index (χ3n) is 2.91. The second-order valence-electron chi connectivity index (χ2n) is 4.20. The van der Waals surface area contributed by atoms with Gasteiger partial charge in [-0.15, -0.1) is 24.2 Å². The van der Waals surface area contributed by atoms with Gasteiger partial charge < -0.3 is 5.32 Å². The van der Waals surface area contributed by atoms with Gasteiger partial charge in [0.2, 0.25) is 5.91 Å². The number of nitrogens with zero attached hydrogens (tertiary/aromatic N) is 1. The Hall–Kier alpha value is -1.31. The lowest BCUT2D eigenvalue weighted by molar-refractivity contribution is -0.385. The summed E-state index contributed by atoms with van der Waals surface area (Å²) in [4.78, 5) is 22.2. The van der Waals surface area contributed by atoms with E-state index in [-0.39, 0.29) is 30.0 Å². The van der Waals surface area contributed by atoms with Crippen molar-refractivity contribution in [2.45, 2.75) is 12.5 Å². The summed E-state index contributed by atoms with van der Waals surface area (Å²) in [7, 11) is 0. The predicted molar refractivity (Wildman–Crippen MR) is 81.3 cm³/mol. The molecule has 1 aromatic rings. The van der Waals surface area contributed by atoms with E-state index in [1.807, 2.05) is 0 Å². The third-order valence-corrected chi connectivity index (χ3v) is 3.85. The normalized spacial score (nSPS) is 17.3. The number of nitro benzene ring substituents is 1. The van der Waals surface area contributed by atoms with Gasteiger partial charge in [0.05, 0.1) is 11.0 Å². The quantitative estimate of drug-likeness (QED) is 0.632. The number of hydrogen-bond donors (Lipinski definition) is 2. The molecule has 1 unspecified atom stereocenters. The van der Waals surface area contributed by atoms with Crippen molar-refractivity contribution in [3.05, 3.63) is 39.9 Å². The largest absolute Gasteiger partial charge is 0.354 e. The van der Waals surface area contributed by atoms with E-state index in [4.69, 9.17) is 0 Å². The summed E-state index contributed by atoms with van der Waals surface area (Å²) in [5.41, 5.74) is 0.743. The highest BCUT2D eigenvalue weighted by Gasteiger charge is 2.22. The van der Waals surface area contributed by atoms with Gasteiger partial charge >= 0.3 is 0 Å². The van der Waals surface area contributed by atoms with Crippen LogP contribution in [0.2, 0.25) is 0 Å². The second-order valence-corrected chi connectivity index (χ2v) is 5.23. The number of nitrogens with one attached hydrogen (secondary N) is 2. The molecule has 0 aliphatic carbocycles. The molecule has 20 heavy (non-hydrogen) atoms. The van der Waals surface area contributed by atoms with Crippen molar-refractivity contribution in [1.29, 1.82) is 0 Å². The maximum absolute atomic E-state index is 11.7. The second kappa shape index (κ2) is 8.08. The first-order valence-corrected chi connectivity index (χ1v) is 7.15. The molecule has 0 saturated carbocycles. The van der Waals surface area contributed by atoms with Crippen LogP contribution in [0.3, 0.4) is 0 Å². The van der Waals surface area contributed by atoms with Gasteiger partial charge in [-0.3, -0.25) is 20.2 Å². The summed E-state index contributed by atoms with van der Waals surface area (Å²) < 4.78 is 0. The first-order valence-electron chi connectivity index (χ1n) is 5.99. The maximum atomic E-state index is 11.7. The Kier molecular flexibility index (Phi) is 6.77. The fourth-order valence-corrected chi connectivity index (χ4v) is 2.85. The summed E-state index contributed by atoms with van der Waals surface area (Å²) in [6.45, 7) is 0.409. The van der Waals surface area contributed by atoms with Crippen LogP contribution in [0.25, 0.3) is 0 Å². The van der Waals surface area contributed by atoms with Crippen LogP contribution in [0.1, 0.15) is 5.56 Å². The van der Waals surface area contributed by atoms with Crippen molar-refractivity contribution in [3.8, 4) is 0 Å². The molecule has 2 N–H and O–H groups in total. The zero-order chi connectivity index (χ0) is 13.7. The van der Waals surface area contributed by atoms with Gasteiger partial charge in [-0.05, 0) is 6.42 Å². The lowest BCUT2D eigenvalue weighted by atomic mass is 10.1. The van der Waals surface area contributed by atoms with Crippen LogP contribution in [0.5, 0.6) is 0 Å². The molecule has 1 aromatic carbocycles.